The number of phenols is 1. The Balaban J connectivity index is 0.962. The van der Waals surface area contributed by atoms with Crippen molar-refractivity contribution in [2.75, 3.05) is 9.80 Å². The average Bonchev–Trinajstić information content (AvgIpc) is 4.03. The second-order valence-electron chi connectivity index (χ2n) is 16.5. The van der Waals surface area contributed by atoms with E-state index in [4.69, 9.17) is 21.1 Å². The van der Waals surface area contributed by atoms with Gasteiger partial charge >= 0.3 is 0 Å². The Hall–Kier alpha value is -6.37. The lowest BCUT2D eigenvalue weighted by Crippen LogP contribution is -2.49. The molecule has 0 bridgehead atoms. The van der Waals surface area contributed by atoms with Crippen LogP contribution in [0, 0.1) is 36.0 Å². The van der Waals surface area contributed by atoms with Gasteiger partial charge in [0.05, 0.1) is 33.7 Å². The molecule has 11 nitrogen and oxygen atoms in total. The summed E-state index contributed by atoms with van der Waals surface area (Å²) in [4.78, 5) is 67.1. The van der Waals surface area contributed by atoms with Gasteiger partial charge in [0.1, 0.15) is 22.8 Å². The number of hydrogen-bond donors (Lipinski definition) is 1. The number of anilines is 2. The number of carbonyl (C=O) groups excluding carboxylic acids is 4. The lowest BCUT2D eigenvalue weighted by atomic mass is 9.51. The average molecular weight is 834 g/mol. The number of hydrogen-bond acceptors (Lipinski definition) is 9. The van der Waals surface area contributed by atoms with Crippen LogP contribution in [0.1, 0.15) is 36.8 Å². The van der Waals surface area contributed by atoms with Crippen molar-refractivity contribution >= 4 is 79.3 Å². The minimum atomic E-state index is -1.33. The summed E-state index contributed by atoms with van der Waals surface area (Å²) in [5.74, 6) is -4.29. The van der Waals surface area contributed by atoms with Gasteiger partial charge in [-0.25, -0.2) is 9.88 Å². The van der Waals surface area contributed by atoms with Crippen molar-refractivity contribution in [1.82, 2.24) is 14.8 Å². The molecule has 4 aliphatic rings. The fourth-order valence-corrected chi connectivity index (χ4v) is 11.8. The molecule has 60 heavy (non-hydrogen) atoms. The van der Waals surface area contributed by atoms with E-state index in [1.54, 1.807) is 77.7 Å². The predicted molar refractivity (Wildman–Crippen MR) is 228 cm³/mol. The maximum atomic E-state index is 15.1. The number of fused-ring (bicyclic) bond motifs is 6. The highest BCUT2D eigenvalue weighted by Crippen LogP contribution is 2.64. The SMILES string of the molecule is Cc1c(-c2cc(N3C(=O)[C@@H]4C[C@@H]5C(=CC[C@@H]6C(=O)N(c7ccc(-c8nc9ccccc9o8)cc7)C(=O)[C@@H]65)[C@H](c5ccccc5O)[C@]4(C)C3=O)n(C)n2)sc2ccc(Cl)cc12. The smallest absolute Gasteiger partial charge is 0.242 e. The third kappa shape index (κ3) is 5.07. The number of aromatic hydroxyl groups is 1. The molecular weight excluding hydrogens is 798 g/mol. The molecule has 1 N–H and O–H groups in total. The van der Waals surface area contributed by atoms with Crippen LogP contribution in [-0.2, 0) is 26.2 Å². The van der Waals surface area contributed by atoms with Crippen LogP contribution in [0.25, 0.3) is 43.2 Å². The van der Waals surface area contributed by atoms with Crippen molar-refractivity contribution in [3.63, 3.8) is 0 Å². The number of aryl methyl sites for hydroxylation is 2. The lowest BCUT2D eigenvalue weighted by Gasteiger charge is -2.49. The van der Waals surface area contributed by atoms with Gasteiger partial charge in [-0.15, -0.1) is 11.3 Å². The number of oxazole rings is 1. The zero-order valence-corrected chi connectivity index (χ0v) is 34.2. The van der Waals surface area contributed by atoms with E-state index in [1.165, 1.54) is 9.80 Å². The molecular formula is C47H36ClN5O6S. The summed E-state index contributed by atoms with van der Waals surface area (Å²) in [6.45, 7) is 3.81. The van der Waals surface area contributed by atoms with Crippen molar-refractivity contribution in [1.29, 1.82) is 0 Å². The van der Waals surface area contributed by atoms with Gasteiger partial charge in [-0.2, -0.15) is 5.10 Å². The number of aromatic nitrogens is 3. The number of halogens is 1. The summed E-state index contributed by atoms with van der Waals surface area (Å²) in [6.07, 6.45) is 2.44. The maximum Gasteiger partial charge on any atom is 0.242 e. The molecule has 0 spiro atoms. The predicted octanol–water partition coefficient (Wildman–Crippen LogP) is 9.21. The number of benzene rings is 4. The van der Waals surface area contributed by atoms with E-state index < -0.39 is 46.8 Å². The summed E-state index contributed by atoms with van der Waals surface area (Å²) in [7, 11) is 1.72. The first kappa shape index (κ1) is 36.7. The normalized spacial score (nSPS) is 25.0. The van der Waals surface area contributed by atoms with Gasteiger partial charge in [0.25, 0.3) is 0 Å². The summed E-state index contributed by atoms with van der Waals surface area (Å²) in [5.41, 5.74) is 4.09. The minimum Gasteiger partial charge on any atom is -0.508 e. The van der Waals surface area contributed by atoms with Crippen molar-refractivity contribution in [3.05, 3.63) is 125 Å². The highest BCUT2D eigenvalue weighted by Gasteiger charge is 2.68. The van der Waals surface area contributed by atoms with Crippen LogP contribution in [0.2, 0.25) is 5.02 Å². The second-order valence-corrected chi connectivity index (χ2v) is 18.0. The number of imide groups is 2. The first-order valence-electron chi connectivity index (χ1n) is 19.9. The molecule has 4 amide bonds. The van der Waals surface area contributed by atoms with E-state index in [9.17, 15) is 19.5 Å². The van der Waals surface area contributed by atoms with Crippen LogP contribution < -0.4 is 9.80 Å². The molecule has 4 aromatic carbocycles. The molecule has 6 atom stereocenters. The molecule has 0 unspecified atom stereocenters. The zero-order valence-electron chi connectivity index (χ0n) is 32.6. The third-order valence-corrected chi connectivity index (χ3v) is 14.9. The number of carbonyl (C=O) groups is 4. The maximum absolute atomic E-state index is 15.1. The molecule has 298 valence electrons. The molecule has 7 aromatic rings. The van der Waals surface area contributed by atoms with Gasteiger partial charge in [0.2, 0.25) is 29.5 Å². The van der Waals surface area contributed by atoms with Crippen molar-refractivity contribution in [3.8, 4) is 27.8 Å². The Morgan fingerprint density at radius 3 is 2.43 bits per heavy atom. The number of nitrogens with zero attached hydrogens (tertiary/aromatic N) is 5. The van der Waals surface area contributed by atoms with Crippen LogP contribution in [0.15, 0.2) is 113 Å². The highest BCUT2D eigenvalue weighted by atomic mass is 35.5. The van der Waals surface area contributed by atoms with E-state index in [-0.39, 0.29) is 30.4 Å². The molecule has 2 aliphatic carbocycles. The first-order chi connectivity index (χ1) is 28.9. The largest absolute Gasteiger partial charge is 0.508 e. The third-order valence-electron chi connectivity index (χ3n) is 13.4. The van der Waals surface area contributed by atoms with Crippen LogP contribution in [-0.4, -0.2) is 43.5 Å². The lowest BCUT2D eigenvalue weighted by molar-refractivity contribution is -0.131. The molecule has 2 aliphatic heterocycles. The molecule has 3 fully saturated rings. The Morgan fingerprint density at radius 1 is 0.883 bits per heavy atom. The summed E-state index contributed by atoms with van der Waals surface area (Å²) < 4.78 is 8.55. The number of rotatable bonds is 5. The first-order valence-corrected chi connectivity index (χ1v) is 21.1. The Bertz CT molecular complexity index is 3020. The number of phenolic OH excluding ortho intramolecular Hbond substituents is 1. The molecule has 3 aromatic heterocycles. The van der Waals surface area contributed by atoms with Crippen LogP contribution in [0.4, 0.5) is 11.5 Å². The molecule has 0 radical (unpaired) electrons. The molecule has 13 heteroatoms. The van der Waals surface area contributed by atoms with E-state index in [0.717, 1.165) is 31.6 Å². The van der Waals surface area contributed by atoms with Gasteiger partial charge in [-0.1, -0.05) is 53.6 Å². The van der Waals surface area contributed by atoms with Gasteiger partial charge in [-0.05, 0) is 104 Å². The number of amides is 4. The van der Waals surface area contributed by atoms with Gasteiger partial charge < -0.3 is 9.52 Å². The number of thiophene rings is 1. The Labute approximate surface area is 352 Å². The number of allylic oxidation sites excluding steroid dienone is 2. The fraction of sp³-hybridized carbons (Fsp3) is 0.234. The highest BCUT2D eigenvalue weighted by molar-refractivity contribution is 7.22. The quantitative estimate of drug-likeness (QED) is 0.134. The summed E-state index contributed by atoms with van der Waals surface area (Å²) in [5, 5.41) is 17.9. The fourth-order valence-electron chi connectivity index (χ4n) is 10.5. The molecule has 2 saturated heterocycles. The van der Waals surface area contributed by atoms with Gasteiger partial charge in [-0.3, -0.25) is 28.8 Å². The minimum absolute atomic E-state index is 0.0116. The van der Waals surface area contributed by atoms with Crippen molar-refractivity contribution in [2.24, 2.45) is 36.1 Å². The Kier molecular flexibility index (Phi) is 7.99. The summed E-state index contributed by atoms with van der Waals surface area (Å²) >= 11 is 7.90. The summed E-state index contributed by atoms with van der Waals surface area (Å²) in [6, 6.07) is 28.9. The monoisotopic (exact) mass is 833 g/mol. The van der Waals surface area contributed by atoms with Crippen molar-refractivity contribution in [2.45, 2.75) is 32.6 Å². The van der Waals surface area contributed by atoms with E-state index in [1.807, 2.05) is 62.4 Å². The van der Waals surface area contributed by atoms with Crippen LogP contribution in [0.5, 0.6) is 5.75 Å². The number of para-hydroxylation sites is 3. The van der Waals surface area contributed by atoms with Crippen LogP contribution in [0.3, 0.4) is 0 Å². The van der Waals surface area contributed by atoms with Gasteiger partial charge in [0, 0.05) is 39.9 Å². The zero-order chi connectivity index (χ0) is 41.4. The standard InChI is InChI=1S/C47H36ClN5O6S/c1-23-30-20-25(48)14-19-37(30)60-41(23)34-22-38(51(3)50-34)53-44(56)32-21-31-27(40(47(32,2)46(53)58)28-8-4-6-10-35(28)54)17-18-29-39(31)45(57)52(43(29)55)26-15-12-24(13-16-26)42-49-33-9-5-7-11-36(33)59-42/h4-17,19-20,22,29,31-32,39-40,54H,18,21H2,1-3H3/t29-,31+,32-,39-,40+,47+/m0/s1. The second kappa shape index (κ2) is 13.1. The van der Waals surface area contributed by atoms with E-state index in [2.05, 4.69) is 4.98 Å². The Morgan fingerprint density at radius 2 is 1.65 bits per heavy atom. The molecule has 1 saturated carbocycles. The van der Waals surface area contributed by atoms with Crippen molar-refractivity contribution < 1.29 is 28.7 Å². The molecule has 11 rings (SSSR count). The van der Waals surface area contributed by atoms with E-state index >= 15 is 4.79 Å². The van der Waals surface area contributed by atoms with Gasteiger partial charge in [0.15, 0.2) is 5.58 Å². The van der Waals surface area contributed by atoms with E-state index in [0.29, 0.717) is 44.8 Å². The molecule has 5 heterocycles. The topological polar surface area (TPSA) is 139 Å². The van der Waals surface area contributed by atoms with Crippen LogP contribution >= 0.6 is 22.9 Å².